The number of nitrogen functional groups attached to an aromatic ring is 1. The average Bonchev–Trinajstić information content (AvgIpc) is 2.54. The molecule has 0 atom stereocenters. The minimum absolute atomic E-state index is 0.244. The molecule has 0 saturated heterocycles. The minimum atomic E-state index is -0.244. The average molecular weight is 278 g/mol. The van der Waals surface area contributed by atoms with Crippen molar-refractivity contribution in [3.63, 3.8) is 0 Å². The van der Waals surface area contributed by atoms with Gasteiger partial charge in [-0.15, -0.1) is 0 Å². The highest BCUT2D eigenvalue weighted by atomic mass is 16.2. The maximum atomic E-state index is 12.5. The van der Waals surface area contributed by atoms with Gasteiger partial charge in [-0.1, -0.05) is 30.3 Å². The Morgan fingerprint density at radius 3 is 2.67 bits per heavy atom. The molecule has 0 saturated carbocycles. The number of hydrogen-bond acceptors (Lipinski definition) is 4. The maximum Gasteiger partial charge on any atom is 0.277 e. The first-order valence-corrected chi connectivity index (χ1v) is 6.51. The summed E-state index contributed by atoms with van der Waals surface area (Å²) in [4.78, 5) is 22.3. The van der Waals surface area contributed by atoms with E-state index in [-0.39, 0.29) is 5.91 Å². The molecule has 0 aliphatic heterocycles. The van der Waals surface area contributed by atoms with Crippen molar-refractivity contribution >= 4 is 28.3 Å². The Labute approximate surface area is 122 Å². The highest BCUT2D eigenvalue weighted by Crippen LogP contribution is 2.21. The van der Waals surface area contributed by atoms with Gasteiger partial charge in [0.2, 0.25) is 0 Å². The van der Waals surface area contributed by atoms with E-state index in [0.717, 1.165) is 10.8 Å². The van der Waals surface area contributed by atoms with Crippen LogP contribution in [0.25, 0.3) is 10.8 Å². The van der Waals surface area contributed by atoms with Gasteiger partial charge in [-0.2, -0.15) is 0 Å². The van der Waals surface area contributed by atoms with Crippen molar-refractivity contribution in [2.24, 2.45) is 0 Å². The molecule has 3 aromatic rings. The number of nitrogens with zero attached hydrogens (tertiary/aromatic N) is 3. The molecule has 0 spiro atoms. The third kappa shape index (κ3) is 2.41. The van der Waals surface area contributed by atoms with Crippen LogP contribution in [0.2, 0.25) is 0 Å². The van der Waals surface area contributed by atoms with Crippen LogP contribution in [0.15, 0.2) is 54.7 Å². The summed E-state index contributed by atoms with van der Waals surface area (Å²) >= 11 is 0. The molecule has 2 N–H and O–H groups in total. The molecular weight excluding hydrogens is 264 g/mol. The number of rotatable bonds is 2. The lowest BCUT2D eigenvalue weighted by atomic mass is 10.1. The number of hydrogen-bond donors (Lipinski definition) is 1. The van der Waals surface area contributed by atoms with E-state index in [1.807, 2.05) is 30.3 Å². The number of carbonyl (C=O) groups excluding carboxylic acids is 1. The minimum Gasteiger partial charge on any atom is -0.383 e. The molecule has 3 rings (SSSR count). The molecule has 0 bridgehead atoms. The molecule has 5 nitrogen and oxygen atoms in total. The van der Waals surface area contributed by atoms with Crippen LogP contribution >= 0.6 is 0 Å². The molecule has 5 heteroatoms. The monoisotopic (exact) mass is 278 g/mol. The molecule has 0 aliphatic carbocycles. The number of nitrogens with two attached hydrogens (primary N) is 1. The van der Waals surface area contributed by atoms with Crippen LogP contribution in [0.5, 0.6) is 0 Å². The molecule has 0 aliphatic rings. The number of amides is 1. The number of anilines is 2. The zero-order chi connectivity index (χ0) is 14.8. The summed E-state index contributed by atoms with van der Waals surface area (Å²) in [6, 6.07) is 14.7. The fourth-order valence-electron chi connectivity index (χ4n) is 2.16. The van der Waals surface area contributed by atoms with Crippen molar-refractivity contribution in [1.29, 1.82) is 0 Å². The summed E-state index contributed by atoms with van der Waals surface area (Å²) in [5.41, 5.74) is 6.24. The van der Waals surface area contributed by atoms with Crippen molar-refractivity contribution in [3.05, 3.63) is 60.4 Å². The van der Waals surface area contributed by atoms with Crippen LogP contribution in [-0.4, -0.2) is 22.9 Å². The zero-order valence-electron chi connectivity index (χ0n) is 11.5. The first-order valence-electron chi connectivity index (χ1n) is 6.51. The maximum absolute atomic E-state index is 12.5. The standard InChI is InChI=1S/C16H14N4O/c1-20(14-8-4-5-9-18-14)16(21)13-10-11-6-2-3-7-12(11)15(17)19-13/h2-10H,1H3,(H2,17,19). The number of benzene rings is 1. The molecule has 2 aromatic heterocycles. The summed E-state index contributed by atoms with van der Waals surface area (Å²) in [5, 5.41) is 1.73. The summed E-state index contributed by atoms with van der Waals surface area (Å²) in [6.45, 7) is 0. The SMILES string of the molecule is CN(C(=O)c1cc2ccccc2c(N)n1)c1ccccn1. The van der Waals surface area contributed by atoms with Gasteiger partial charge in [0, 0.05) is 18.6 Å². The van der Waals surface area contributed by atoms with Gasteiger partial charge in [-0.3, -0.25) is 9.69 Å². The second-order valence-corrected chi connectivity index (χ2v) is 4.67. The van der Waals surface area contributed by atoms with Gasteiger partial charge < -0.3 is 5.73 Å². The number of carbonyl (C=O) groups is 1. The van der Waals surface area contributed by atoms with Crippen LogP contribution < -0.4 is 10.6 Å². The Kier molecular flexibility index (Phi) is 3.23. The van der Waals surface area contributed by atoms with E-state index in [9.17, 15) is 4.79 Å². The second-order valence-electron chi connectivity index (χ2n) is 4.67. The third-order valence-corrected chi connectivity index (χ3v) is 3.29. The quantitative estimate of drug-likeness (QED) is 0.781. The van der Waals surface area contributed by atoms with E-state index in [1.54, 1.807) is 31.4 Å². The molecule has 0 unspecified atom stereocenters. The van der Waals surface area contributed by atoms with Crippen LogP contribution in [0.4, 0.5) is 11.6 Å². The van der Waals surface area contributed by atoms with E-state index >= 15 is 0 Å². The first-order chi connectivity index (χ1) is 10.2. The molecule has 1 amide bonds. The molecule has 0 radical (unpaired) electrons. The van der Waals surface area contributed by atoms with Crippen molar-refractivity contribution in [2.45, 2.75) is 0 Å². The Morgan fingerprint density at radius 1 is 1.14 bits per heavy atom. The van der Waals surface area contributed by atoms with Crippen LogP contribution in [-0.2, 0) is 0 Å². The highest BCUT2D eigenvalue weighted by Gasteiger charge is 2.17. The van der Waals surface area contributed by atoms with Crippen LogP contribution in [0.1, 0.15) is 10.5 Å². The predicted octanol–water partition coefficient (Wildman–Crippen LogP) is 2.49. The first kappa shape index (κ1) is 13.1. The molecule has 104 valence electrons. The number of fused-ring (bicyclic) bond motifs is 1. The molecular formula is C16H14N4O. The van der Waals surface area contributed by atoms with Crippen LogP contribution in [0, 0.1) is 0 Å². The Balaban J connectivity index is 2.02. The topological polar surface area (TPSA) is 72.1 Å². The van der Waals surface area contributed by atoms with Crippen molar-refractivity contribution in [1.82, 2.24) is 9.97 Å². The zero-order valence-corrected chi connectivity index (χ0v) is 11.5. The van der Waals surface area contributed by atoms with Gasteiger partial charge in [0.05, 0.1) is 0 Å². The van der Waals surface area contributed by atoms with E-state index in [4.69, 9.17) is 5.73 Å². The van der Waals surface area contributed by atoms with Gasteiger partial charge in [0.25, 0.3) is 5.91 Å². The van der Waals surface area contributed by atoms with Gasteiger partial charge in [-0.05, 0) is 23.6 Å². The Hall–Kier alpha value is -2.95. The van der Waals surface area contributed by atoms with Crippen molar-refractivity contribution in [2.75, 3.05) is 17.7 Å². The van der Waals surface area contributed by atoms with Gasteiger partial charge in [-0.25, -0.2) is 9.97 Å². The fourth-order valence-corrected chi connectivity index (χ4v) is 2.16. The molecule has 1 aromatic carbocycles. The lowest BCUT2D eigenvalue weighted by Crippen LogP contribution is -2.28. The van der Waals surface area contributed by atoms with Crippen molar-refractivity contribution in [3.8, 4) is 0 Å². The number of aromatic nitrogens is 2. The summed E-state index contributed by atoms with van der Waals surface area (Å²) in [7, 11) is 1.66. The summed E-state index contributed by atoms with van der Waals surface area (Å²) in [6.07, 6.45) is 1.64. The largest absolute Gasteiger partial charge is 0.383 e. The highest BCUT2D eigenvalue weighted by molar-refractivity contribution is 6.07. The smallest absolute Gasteiger partial charge is 0.277 e. The van der Waals surface area contributed by atoms with Crippen LogP contribution in [0.3, 0.4) is 0 Å². The van der Waals surface area contributed by atoms with Crippen molar-refractivity contribution < 1.29 is 4.79 Å². The molecule has 21 heavy (non-hydrogen) atoms. The molecule has 0 fully saturated rings. The Bertz CT molecular complexity index is 802. The van der Waals surface area contributed by atoms with E-state index < -0.39 is 0 Å². The van der Waals surface area contributed by atoms with Gasteiger partial charge in [0.1, 0.15) is 17.3 Å². The van der Waals surface area contributed by atoms with Gasteiger partial charge in [0.15, 0.2) is 0 Å². The second kappa shape index (κ2) is 5.20. The fraction of sp³-hybridized carbons (Fsp3) is 0.0625. The number of pyridine rings is 2. The van der Waals surface area contributed by atoms with E-state index in [1.165, 1.54) is 4.90 Å². The molecule has 2 heterocycles. The predicted molar refractivity (Wildman–Crippen MR) is 83.1 cm³/mol. The normalized spacial score (nSPS) is 10.5. The Morgan fingerprint density at radius 2 is 1.90 bits per heavy atom. The van der Waals surface area contributed by atoms with E-state index in [0.29, 0.717) is 17.3 Å². The van der Waals surface area contributed by atoms with Gasteiger partial charge >= 0.3 is 0 Å². The lowest BCUT2D eigenvalue weighted by Gasteiger charge is -2.16. The van der Waals surface area contributed by atoms with E-state index in [2.05, 4.69) is 9.97 Å². The summed E-state index contributed by atoms with van der Waals surface area (Å²) < 4.78 is 0. The summed E-state index contributed by atoms with van der Waals surface area (Å²) in [5.74, 6) is 0.674. The lowest BCUT2D eigenvalue weighted by molar-refractivity contribution is 0.0988. The third-order valence-electron chi connectivity index (χ3n) is 3.29.